The Balaban J connectivity index is 0.00000106. The summed E-state index contributed by atoms with van der Waals surface area (Å²) in [6.07, 6.45) is 0. The molecule has 96 valence electrons. The molecule has 0 amide bonds. The molecule has 7 heteroatoms. The number of hydrogen-bond donors (Lipinski definition) is 0. The maximum absolute atomic E-state index is 12.6. The fourth-order valence-electron chi connectivity index (χ4n) is 0.906. The minimum Gasteiger partial charge on any atom is -0.205 e. The molecule has 0 saturated heterocycles. The van der Waals surface area contributed by atoms with E-state index in [-0.39, 0.29) is 11.6 Å². The topological polar surface area (TPSA) is 0 Å². The molecule has 16 heavy (non-hydrogen) atoms. The summed E-state index contributed by atoms with van der Waals surface area (Å²) in [5.74, 6) is -1.95. The third-order valence-corrected chi connectivity index (χ3v) is 2.65. The van der Waals surface area contributed by atoms with Crippen LogP contribution in [-0.2, 0) is 0 Å². The summed E-state index contributed by atoms with van der Waals surface area (Å²) in [5.41, 5.74) is -0.0744. The van der Waals surface area contributed by atoms with E-state index in [0.717, 1.165) is 6.07 Å². The largest absolute Gasteiger partial charge is 0.313 e. The van der Waals surface area contributed by atoms with Crippen LogP contribution in [0.4, 0.5) is 23.8 Å². The van der Waals surface area contributed by atoms with Crippen molar-refractivity contribution in [3.63, 3.8) is 0 Å². The van der Waals surface area contributed by atoms with Gasteiger partial charge in [0, 0.05) is 0 Å². The van der Waals surface area contributed by atoms with E-state index in [4.69, 9.17) is 0 Å². The summed E-state index contributed by atoms with van der Waals surface area (Å²) in [6.45, 7) is 5.17. The first-order valence-electron chi connectivity index (χ1n) is 4.40. The lowest BCUT2D eigenvalue weighted by Crippen LogP contribution is -2.08. The van der Waals surface area contributed by atoms with Crippen LogP contribution in [0.2, 0.25) is 0 Å². The summed E-state index contributed by atoms with van der Waals surface area (Å²) in [7, 11) is -9.89. The minimum absolute atomic E-state index is 0.0744. The summed E-state index contributed by atoms with van der Waals surface area (Å²) in [6, 6.07) is 1.47. The highest BCUT2D eigenvalue weighted by atomic mass is 32.5. The average Bonchev–Trinajstić information content (AvgIpc) is 2.09. The lowest BCUT2D eigenvalue weighted by atomic mass is 10.2. The highest BCUT2D eigenvalue weighted by Gasteiger charge is 2.67. The maximum Gasteiger partial charge on any atom is 0.313 e. The Bertz CT molecular complexity index is 380. The van der Waals surface area contributed by atoms with Gasteiger partial charge in [0.15, 0.2) is 0 Å². The van der Waals surface area contributed by atoms with Crippen molar-refractivity contribution in [3.05, 3.63) is 29.6 Å². The number of aryl methyl sites for hydroxylation is 1. The number of rotatable bonds is 1. The van der Waals surface area contributed by atoms with E-state index < -0.39 is 20.9 Å². The highest BCUT2D eigenvalue weighted by Crippen LogP contribution is 3.02. The van der Waals surface area contributed by atoms with Crippen molar-refractivity contribution in [2.24, 2.45) is 0 Å². The molecule has 0 N–H and O–H groups in total. The second-order valence-electron chi connectivity index (χ2n) is 2.90. The quantitative estimate of drug-likeness (QED) is 0.562. The summed E-state index contributed by atoms with van der Waals surface area (Å²) >= 11 is 0. The molecule has 0 bridgehead atoms. The second kappa shape index (κ2) is 3.58. The molecule has 1 aromatic rings. The monoisotopic (exact) mass is 266 g/mol. The maximum atomic E-state index is 12.6. The van der Waals surface area contributed by atoms with Gasteiger partial charge in [0.2, 0.25) is 0 Å². The van der Waals surface area contributed by atoms with Gasteiger partial charge in [-0.15, -0.1) is 0 Å². The van der Waals surface area contributed by atoms with E-state index >= 15 is 0 Å². The van der Waals surface area contributed by atoms with Crippen LogP contribution in [0.3, 0.4) is 0 Å². The fraction of sp³-hybridized carbons (Fsp3) is 0.333. The first kappa shape index (κ1) is 15.2. The zero-order valence-corrected chi connectivity index (χ0v) is 9.72. The molecule has 0 aromatic heterocycles. The SMILES string of the molecule is CC.Cc1ccc(F)c(S(F)(F)(F)(F)F)c1. The summed E-state index contributed by atoms with van der Waals surface area (Å²) in [4.78, 5) is -2.45. The molecule has 1 rings (SSSR count). The third kappa shape index (κ3) is 3.96. The van der Waals surface area contributed by atoms with Gasteiger partial charge in [0.05, 0.1) is 0 Å². The van der Waals surface area contributed by atoms with Crippen molar-refractivity contribution in [2.45, 2.75) is 25.7 Å². The minimum atomic E-state index is -9.89. The first-order valence-corrected chi connectivity index (χ1v) is 6.35. The van der Waals surface area contributed by atoms with Gasteiger partial charge >= 0.3 is 10.2 Å². The predicted octanol–water partition coefficient (Wildman–Crippen LogP) is 5.82. The van der Waals surface area contributed by atoms with Crippen molar-refractivity contribution < 1.29 is 23.8 Å². The van der Waals surface area contributed by atoms with Gasteiger partial charge in [-0.1, -0.05) is 39.3 Å². The molecular weight excluding hydrogens is 254 g/mol. The summed E-state index contributed by atoms with van der Waals surface area (Å²) < 4.78 is 73.3. The van der Waals surface area contributed by atoms with Gasteiger partial charge in [0.1, 0.15) is 10.7 Å². The molecule has 0 aliphatic rings. The molecule has 0 unspecified atom stereocenters. The number of halogens is 6. The van der Waals surface area contributed by atoms with Crippen LogP contribution in [0.15, 0.2) is 23.1 Å². The van der Waals surface area contributed by atoms with Gasteiger partial charge in [-0.2, -0.15) is 0 Å². The van der Waals surface area contributed by atoms with Gasteiger partial charge in [-0.05, 0) is 24.6 Å². The third-order valence-electron chi connectivity index (χ3n) is 1.50. The molecule has 0 nitrogen and oxygen atoms in total. The molecule has 0 aliphatic heterocycles. The van der Waals surface area contributed by atoms with E-state index in [1.807, 2.05) is 13.8 Å². The van der Waals surface area contributed by atoms with Crippen molar-refractivity contribution in [1.29, 1.82) is 0 Å². The molecule has 0 atom stereocenters. The van der Waals surface area contributed by atoms with E-state index in [9.17, 15) is 23.8 Å². The van der Waals surface area contributed by atoms with Gasteiger partial charge < -0.3 is 0 Å². The van der Waals surface area contributed by atoms with Crippen LogP contribution in [0.1, 0.15) is 19.4 Å². The number of hydrogen-bond acceptors (Lipinski definition) is 0. The molecule has 0 saturated carbocycles. The molecular formula is C9H12F6S. The van der Waals surface area contributed by atoms with Crippen LogP contribution >= 0.6 is 10.2 Å². The van der Waals surface area contributed by atoms with E-state index in [2.05, 4.69) is 0 Å². The standard InChI is InChI=1S/C7H6F6S.C2H6/c1-5-2-3-6(8)7(4-5)14(9,10,11,12)13;1-2/h2-4H,1H3;1-2H3. The van der Waals surface area contributed by atoms with Crippen molar-refractivity contribution >= 4 is 10.2 Å². The molecule has 0 spiro atoms. The Morgan fingerprint density at radius 2 is 1.38 bits per heavy atom. The smallest absolute Gasteiger partial charge is 0.205 e. The molecule has 0 fully saturated rings. The lowest BCUT2D eigenvalue weighted by molar-refractivity contribution is 0.355. The van der Waals surface area contributed by atoms with Crippen LogP contribution in [0, 0.1) is 12.7 Å². The highest BCUT2D eigenvalue weighted by molar-refractivity contribution is 8.45. The van der Waals surface area contributed by atoms with Crippen LogP contribution in [0.25, 0.3) is 0 Å². The second-order valence-corrected chi connectivity index (χ2v) is 5.28. The van der Waals surface area contributed by atoms with Crippen molar-refractivity contribution in [3.8, 4) is 0 Å². The van der Waals surface area contributed by atoms with Gasteiger partial charge in [0.25, 0.3) is 0 Å². The van der Waals surface area contributed by atoms with E-state index in [1.54, 1.807) is 0 Å². The van der Waals surface area contributed by atoms with Crippen LogP contribution < -0.4 is 0 Å². The first-order chi connectivity index (χ1) is 6.90. The molecule has 0 heterocycles. The van der Waals surface area contributed by atoms with Crippen LogP contribution in [0.5, 0.6) is 0 Å². The predicted molar refractivity (Wildman–Crippen MR) is 53.9 cm³/mol. The normalized spacial score (nSPS) is 15.6. The van der Waals surface area contributed by atoms with Gasteiger partial charge in [-0.25, -0.2) is 4.39 Å². The van der Waals surface area contributed by atoms with E-state index in [0.29, 0.717) is 6.07 Å². The lowest BCUT2D eigenvalue weighted by Gasteiger charge is -2.40. The molecule has 1 aromatic carbocycles. The van der Waals surface area contributed by atoms with E-state index in [1.165, 1.54) is 6.92 Å². The van der Waals surface area contributed by atoms with Crippen LogP contribution in [-0.4, -0.2) is 0 Å². The van der Waals surface area contributed by atoms with Crippen molar-refractivity contribution in [2.75, 3.05) is 0 Å². The zero-order valence-electron chi connectivity index (χ0n) is 8.91. The summed E-state index contributed by atoms with van der Waals surface area (Å²) in [5, 5.41) is 0. The Labute approximate surface area is 90.0 Å². The Morgan fingerprint density at radius 3 is 1.69 bits per heavy atom. The molecule has 0 aliphatic carbocycles. The van der Waals surface area contributed by atoms with Gasteiger partial charge in [-0.3, -0.25) is 0 Å². The molecule has 0 radical (unpaired) electrons. The Hall–Kier alpha value is -0.850. The zero-order chi connectivity index (χ0) is 13.3. The van der Waals surface area contributed by atoms with Crippen molar-refractivity contribution in [1.82, 2.24) is 0 Å². The Kier molecular flexibility index (Phi) is 3.39. The average molecular weight is 266 g/mol. The number of benzene rings is 1. The Morgan fingerprint density at radius 1 is 0.938 bits per heavy atom. The fourth-order valence-corrected chi connectivity index (χ4v) is 1.75.